The molecule has 1 saturated heterocycles. The van der Waals surface area contributed by atoms with E-state index in [1.165, 1.54) is 0 Å². The van der Waals surface area contributed by atoms with Crippen molar-refractivity contribution in [1.29, 1.82) is 0 Å². The van der Waals surface area contributed by atoms with Crippen molar-refractivity contribution in [2.24, 2.45) is 5.41 Å². The van der Waals surface area contributed by atoms with Gasteiger partial charge in [0, 0.05) is 26.2 Å². The molecule has 0 aromatic rings. The molecule has 20 heavy (non-hydrogen) atoms. The Labute approximate surface area is 120 Å². The number of nitrogens with zero attached hydrogens (tertiary/aromatic N) is 1. The Hall–Kier alpha value is -1.30. The Bertz CT molecular complexity index is 342. The molecule has 1 unspecified atom stereocenters. The van der Waals surface area contributed by atoms with Crippen molar-refractivity contribution < 1.29 is 19.4 Å². The second kappa shape index (κ2) is 7.47. The third-order valence-corrected chi connectivity index (χ3v) is 4.12. The summed E-state index contributed by atoms with van der Waals surface area (Å²) in [5.41, 5.74) is -0.871. The Kier molecular flexibility index (Phi) is 6.26. The van der Waals surface area contributed by atoms with Crippen molar-refractivity contribution >= 4 is 12.0 Å². The molecule has 0 aliphatic carbocycles. The minimum absolute atomic E-state index is 0.0184. The molecule has 0 saturated carbocycles. The second-order valence-corrected chi connectivity index (χ2v) is 5.43. The van der Waals surface area contributed by atoms with E-state index in [1.54, 1.807) is 4.90 Å². The van der Waals surface area contributed by atoms with Crippen LogP contribution in [0.3, 0.4) is 0 Å². The van der Waals surface area contributed by atoms with Crippen LogP contribution in [0.25, 0.3) is 0 Å². The average Bonchev–Trinajstić information content (AvgIpc) is 2.64. The molecule has 0 bridgehead atoms. The zero-order chi connectivity index (χ0) is 15.2. The number of nitrogens with one attached hydrogen (secondary N) is 1. The highest BCUT2D eigenvalue weighted by Crippen LogP contribution is 2.25. The first-order valence-corrected chi connectivity index (χ1v) is 7.33. The fourth-order valence-corrected chi connectivity index (χ4v) is 2.41. The summed E-state index contributed by atoms with van der Waals surface area (Å²) < 4.78 is 5.49. The minimum atomic E-state index is -0.871. The summed E-state index contributed by atoms with van der Waals surface area (Å²) in [5, 5.41) is 12.1. The van der Waals surface area contributed by atoms with Gasteiger partial charge in [-0.25, -0.2) is 4.79 Å². The summed E-state index contributed by atoms with van der Waals surface area (Å²) in [6.45, 7) is 7.63. The highest BCUT2D eigenvalue weighted by molar-refractivity contribution is 5.78. The monoisotopic (exact) mass is 286 g/mol. The lowest BCUT2D eigenvalue weighted by molar-refractivity contribution is -0.149. The molecular weight excluding hydrogens is 260 g/mol. The molecule has 1 rings (SSSR count). The first-order chi connectivity index (χ1) is 9.45. The Morgan fingerprint density at radius 1 is 1.40 bits per heavy atom. The van der Waals surface area contributed by atoms with E-state index in [9.17, 15) is 14.7 Å². The maximum absolute atomic E-state index is 12.2. The van der Waals surface area contributed by atoms with Gasteiger partial charge in [0.25, 0.3) is 0 Å². The van der Waals surface area contributed by atoms with Crippen molar-refractivity contribution in [2.75, 3.05) is 26.2 Å². The molecule has 2 N–H and O–H groups in total. The lowest BCUT2D eigenvalue weighted by atomic mass is 9.82. The number of amides is 2. The van der Waals surface area contributed by atoms with E-state index in [0.29, 0.717) is 32.5 Å². The molecule has 1 fully saturated rings. The first kappa shape index (κ1) is 16.8. The van der Waals surface area contributed by atoms with Crippen LogP contribution >= 0.6 is 0 Å². The predicted molar refractivity (Wildman–Crippen MR) is 75.7 cm³/mol. The normalized spacial score (nSPS) is 20.4. The van der Waals surface area contributed by atoms with Crippen LogP contribution in [-0.4, -0.2) is 54.4 Å². The van der Waals surface area contributed by atoms with Gasteiger partial charge < -0.3 is 20.1 Å². The fourth-order valence-electron chi connectivity index (χ4n) is 2.41. The molecule has 2 amide bonds. The molecule has 6 nitrogen and oxygen atoms in total. The molecular formula is C14H26N2O4. The van der Waals surface area contributed by atoms with Crippen LogP contribution in [-0.2, 0) is 9.53 Å². The number of carbonyl (C=O) groups excluding carboxylic acids is 1. The molecule has 1 aliphatic heterocycles. The number of hydrogen-bond acceptors (Lipinski definition) is 3. The summed E-state index contributed by atoms with van der Waals surface area (Å²) in [7, 11) is 0. The number of carboxylic acid groups (broad SMARTS) is 1. The van der Waals surface area contributed by atoms with Crippen molar-refractivity contribution in [3.8, 4) is 0 Å². The van der Waals surface area contributed by atoms with Crippen LogP contribution in [0.2, 0.25) is 0 Å². The average molecular weight is 286 g/mol. The van der Waals surface area contributed by atoms with Gasteiger partial charge in [-0.15, -0.1) is 0 Å². The highest BCUT2D eigenvalue weighted by Gasteiger charge is 2.35. The first-order valence-electron chi connectivity index (χ1n) is 7.33. The minimum Gasteiger partial charge on any atom is -0.481 e. The van der Waals surface area contributed by atoms with Gasteiger partial charge >= 0.3 is 12.0 Å². The van der Waals surface area contributed by atoms with Crippen LogP contribution in [0.4, 0.5) is 4.79 Å². The van der Waals surface area contributed by atoms with Crippen LogP contribution in [0.1, 0.15) is 40.0 Å². The fraction of sp³-hybridized carbons (Fsp3) is 0.857. The Balaban J connectivity index is 2.58. The quantitative estimate of drug-likeness (QED) is 0.806. The number of hydrogen-bond donors (Lipinski definition) is 2. The number of ether oxygens (including phenoxy) is 1. The highest BCUT2D eigenvalue weighted by atomic mass is 16.5. The van der Waals surface area contributed by atoms with Crippen LogP contribution < -0.4 is 5.32 Å². The van der Waals surface area contributed by atoms with Gasteiger partial charge in [-0.3, -0.25) is 4.79 Å². The number of urea groups is 1. The SMILES string of the molecule is CCC(CC)(CNC(=O)N1CCCOC(C)C1)C(=O)O. The topological polar surface area (TPSA) is 78.9 Å². The third kappa shape index (κ3) is 4.10. The smallest absolute Gasteiger partial charge is 0.317 e. The third-order valence-electron chi connectivity index (χ3n) is 4.12. The Morgan fingerprint density at radius 3 is 2.60 bits per heavy atom. The molecule has 1 aliphatic rings. The summed E-state index contributed by atoms with van der Waals surface area (Å²) in [4.78, 5) is 25.3. The van der Waals surface area contributed by atoms with Gasteiger partial charge in [0.1, 0.15) is 0 Å². The molecule has 1 heterocycles. The molecule has 6 heteroatoms. The van der Waals surface area contributed by atoms with Gasteiger partial charge in [0.15, 0.2) is 0 Å². The van der Waals surface area contributed by atoms with E-state index < -0.39 is 11.4 Å². The van der Waals surface area contributed by atoms with E-state index in [4.69, 9.17) is 4.74 Å². The second-order valence-electron chi connectivity index (χ2n) is 5.43. The van der Waals surface area contributed by atoms with Crippen molar-refractivity contribution in [3.63, 3.8) is 0 Å². The maximum Gasteiger partial charge on any atom is 0.317 e. The van der Waals surface area contributed by atoms with Crippen molar-refractivity contribution in [1.82, 2.24) is 10.2 Å². The van der Waals surface area contributed by atoms with Crippen LogP contribution in [0.15, 0.2) is 0 Å². The molecule has 0 aromatic heterocycles. The summed E-state index contributed by atoms with van der Waals surface area (Å²) in [6.07, 6.45) is 1.82. The van der Waals surface area contributed by atoms with E-state index >= 15 is 0 Å². The Morgan fingerprint density at radius 2 is 2.05 bits per heavy atom. The molecule has 116 valence electrons. The number of carbonyl (C=O) groups is 2. The molecule has 0 spiro atoms. The number of rotatable bonds is 5. The summed E-state index contributed by atoms with van der Waals surface area (Å²) in [6, 6.07) is -0.199. The lowest BCUT2D eigenvalue weighted by Crippen LogP contribution is -2.48. The predicted octanol–water partition coefficient (Wildman–Crippen LogP) is 1.70. The van der Waals surface area contributed by atoms with Gasteiger partial charge in [-0.1, -0.05) is 13.8 Å². The van der Waals surface area contributed by atoms with E-state index in [-0.39, 0.29) is 18.7 Å². The number of carboxylic acids is 1. The van der Waals surface area contributed by atoms with E-state index in [0.717, 1.165) is 6.42 Å². The van der Waals surface area contributed by atoms with Crippen molar-refractivity contribution in [3.05, 3.63) is 0 Å². The molecule has 0 aromatic carbocycles. The zero-order valence-corrected chi connectivity index (χ0v) is 12.6. The maximum atomic E-state index is 12.2. The summed E-state index contributed by atoms with van der Waals surface area (Å²) in [5.74, 6) is -0.852. The van der Waals surface area contributed by atoms with Gasteiger partial charge in [-0.05, 0) is 26.2 Å². The van der Waals surface area contributed by atoms with Crippen molar-refractivity contribution in [2.45, 2.75) is 46.1 Å². The standard InChI is InChI=1S/C14H26N2O4/c1-4-14(5-2,12(17)18)10-15-13(19)16-7-6-8-20-11(3)9-16/h11H,4-10H2,1-3H3,(H,15,19)(H,17,18). The summed E-state index contributed by atoms with van der Waals surface area (Å²) >= 11 is 0. The molecule has 1 atom stereocenters. The van der Waals surface area contributed by atoms with Crippen LogP contribution in [0.5, 0.6) is 0 Å². The number of aliphatic carboxylic acids is 1. The van der Waals surface area contributed by atoms with Gasteiger partial charge in [0.05, 0.1) is 11.5 Å². The zero-order valence-electron chi connectivity index (χ0n) is 12.6. The van der Waals surface area contributed by atoms with Crippen LogP contribution in [0, 0.1) is 5.41 Å². The molecule has 0 radical (unpaired) electrons. The van der Waals surface area contributed by atoms with E-state index in [1.807, 2.05) is 20.8 Å². The largest absolute Gasteiger partial charge is 0.481 e. The lowest BCUT2D eigenvalue weighted by Gasteiger charge is -2.29. The van der Waals surface area contributed by atoms with Gasteiger partial charge in [-0.2, -0.15) is 0 Å². The van der Waals surface area contributed by atoms with Gasteiger partial charge in [0.2, 0.25) is 0 Å². The van der Waals surface area contributed by atoms with E-state index in [2.05, 4.69) is 5.32 Å².